The number of para-hydroxylation sites is 1. The van der Waals surface area contributed by atoms with Gasteiger partial charge in [-0.05, 0) is 24.3 Å². The Morgan fingerprint density at radius 3 is 2.60 bits per heavy atom. The molecule has 0 N–H and O–H groups in total. The number of carbonyl (C=O) groups excluding carboxylic acids is 1. The minimum absolute atomic E-state index is 0.402. The molecule has 100 valence electrons. The fourth-order valence-electron chi connectivity index (χ4n) is 2.31. The van der Waals surface area contributed by atoms with Crippen molar-refractivity contribution in [1.29, 1.82) is 0 Å². The maximum Gasteiger partial charge on any atom is 0.341 e. The van der Waals surface area contributed by atoms with Crippen molar-refractivity contribution in [3.63, 3.8) is 0 Å². The molecule has 4 heteroatoms. The summed E-state index contributed by atoms with van der Waals surface area (Å²) in [5.41, 5.74) is 2.10. The minimum Gasteiger partial charge on any atom is -0.495 e. The zero-order valence-corrected chi connectivity index (χ0v) is 11.2. The van der Waals surface area contributed by atoms with Gasteiger partial charge in [0.05, 0.1) is 25.3 Å². The van der Waals surface area contributed by atoms with Gasteiger partial charge in [0, 0.05) is 10.8 Å². The first-order valence-corrected chi connectivity index (χ1v) is 6.19. The number of hydrogen-bond acceptors (Lipinski definition) is 4. The minimum atomic E-state index is -0.420. The molecule has 4 nitrogen and oxygen atoms in total. The fraction of sp³-hybridized carbons (Fsp3) is 0.125. The number of methoxy groups -OCH3 is 2. The van der Waals surface area contributed by atoms with Crippen LogP contribution in [0.3, 0.4) is 0 Å². The molecule has 0 saturated heterocycles. The number of nitrogens with zero attached hydrogens (tertiary/aromatic N) is 1. The van der Waals surface area contributed by atoms with E-state index in [4.69, 9.17) is 9.47 Å². The molecule has 1 aromatic heterocycles. The van der Waals surface area contributed by atoms with Crippen LogP contribution in [0.4, 0.5) is 0 Å². The van der Waals surface area contributed by atoms with Gasteiger partial charge in [0.15, 0.2) is 0 Å². The molecule has 0 spiro atoms. The molecule has 2 aromatic carbocycles. The first-order chi connectivity index (χ1) is 9.74. The van der Waals surface area contributed by atoms with Crippen molar-refractivity contribution in [3.05, 3.63) is 48.0 Å². The Bertz CT molecular complexity index is 811. The second-order valence-corrected chi connectivity index (χ2v) is 4.39. The van der Waals surface area contributed by atoms with Crippen molar-refractivity contribution in [1.82, 2.24) is 4.98 Å². The average Bonchev–Trinajstić information content (AvgIpc) is 2.50. The third-order valence-corrected chi connectivity index (χ3v) is 3.26. The maximum absolute atomic E-state index is 11.8. The Morgan fingerprint density at radius 1 is 1.05 bits per heavy atom. The highest BCUT2D eigenvalue weighted by atomic mass is 16.5. The van der Waals surface area contributed by atoms with E-state index in [9.17, 15) is 4.79 Å². The molecule has 0 amide bonds. The molecule has 0 saturated carbocycles. The van der Waals surface area contributed by atoms with Crippen LogP contribution in [0, 0.1) is 0 Å². The van der Waals surface area contributed by atoms with Crippen LogP contribution in [0.2, 0.25) is 0 Å². The van der Waals surface area contributed by atoms with Crippen LogP contribution in [-0.4, -0.2) is 25.2 Å². The molecule has 0 aliphatic rings. The van der Waals surface area contributed by atoms with Gasteiger partial charge in [0.2, 0.25) is 0 Å². The van der Waals surface area contributed by atoms with E-state index in [1.807, 2.05) is 30.3 Å². The van der Waals surface area contributed by atoms with E-state index < -0.39 is 5.97 Å². The fourth-order valence-corrected chi connectivity index (χ4v) is 2.31. The summed E-state index contributed by atoms with van der Waals surface area (Å²) in [4.78, 5) is 16.4. The van der Waals surface area contributed by atoms with Crippen LogP contribution in [0.25, 0.3) is 21.8 Å². The van der Waals surface area contributed by atoms with Crippen molar-refractivity contribution in [2.75, 3.05) is 14.2 Å². The van der Waals surface area contributed by atoms with Gasteiger partial charge in [-0.2, -0.15) is 0 Å². The number of benzene rings is 2. The summed E-state index contributed by atoms with van der Waals surface area (Å²) in [5.74, 6) is 0.0736. The Hall–Kier alpha value is -2.62. The molecule has 0 atom stereocenters. The quantitative estimate of drug-likeness (QED) is 0.528. The van der Waals surface area contributed by atoms with Crippen LogP contribution in [-0.2, 0) is 4.74 Å². The predicted molar refractivity (Wildman–Crippen MR) is 77.1 cm³/mol. The zero-order valence-electron chi connectivity index (χ0n) is 11.2. The lowest BCUT2D eigenvalue weighted by Gasteiger charge is -2.10. The number of ether oxygens (including phenoxy) is 2. The zero-order chi connectivity index (χ0) is 14.1. The Kier molecular flexibility index (Phi) is 2.99. The molecule has 0 fully saturated rings. The van der Waals surface area contributed by atoms with Crippen molar-refractivity contribution >= 4 is 27.8 Å². The number of carbonyl (C=O) groups is 1. The predicted octanol–water partition coefficient (Wildman–Crippen LogP) is 3.18. The summed E-state index contributed by atoms with van der Waals surface area (Å²) < 4.78 is 10.2. The highest BCUT2D eigenvalue weighted by Gasteiger charge is 2.16. The number of rotatable bonds is 2. The second kappa shape index (κ2) is 4.81. The summed E-state index contributed by atoms with van der Waals surface area (Å²) in [6.07, 6.45) is 0. The van der Waals surface area contributed by atoms with E-state index >= 15 is 0 Å². The Balaban J connectivity index is 2.37. The lowest BCUT2D eigenvalue weighted by molar-refractivity contribution is 0.0597. The molecule has 3 aromatic rings. The van der Waals surface area contributed by atoms with E-state index in [0.717, 1.165) is 21.8 Å². The van der Waals surface area contributed by atoms with Gasteiger partial charge in [-0.25, -0.2) is 9.78 Å². The van der Waals surface area contributed by atoms with Crippen LogP contribution in [0.1, 0.15) is 10.4 Å². The van der Waals surface area contributed by atoms with Gasteiger partial charge in [0.25, 0.3) is 0 Å². The SMILES string of the molecule is COC(=O)c1ccc2nc3ccccc3cc2c1OC. The van der Waals surface area contributed by atoms with E-state index in [-0.39, 0.29) is 0 Å². The van der Waals surface area contributed by atoms with E-state index in [2.05, 4.69) is 4.98 Å². The van der Waals surface area contributed by atoms with Gasteiger partial charge in [0.1, 0.15) is 11.3 Å². The van der Waals surface area contributed by atoms with Crippen molar-refractivity contribution in [2.45, 2.75) is 0 Å². The molecule has 20 heavy (non-hydrogen) atoms. The van der Waals surface area contributed by atoms with Crippen LogP contribution >= 0.6 is 0 Å². The van der Waals surface area contributed by atoms with Crippen molar-refractivity contribution in [3.8, 4) is 5.75 Å². The molecule has 3 rings (SSSR count). The molecule has 0 aliphatic heterocycles. The molecule has 1 heterocycles. The second-order valence-electron chi connectivity index (χ2n) is 4.39. The van der Waals surface area contributed by atoms with E-state index in [1.165, 1.54) is 14.2 Å². The van der Waals surface area contributed by atoms with Gasteiger partial charge in [-0.15, -0.1) is 0 Å². The number of esters is 1. The van der Waals surface area contributed by atoms with E-state index in [0.29, 0.717) is 11.3 Å². The smallest absolute Gasteiger partial charge is 0.341 e. The number of pyridine rings is 1. The van der Waals surface area contributed by atoms with Crippen LogP contribution in [0.5, 0.6) is 5.75 Å². The number of fused-ring (bicyclic) bond motifs is 2. The Labute approximate surface area is 115 Å². The summed E-state index contributed by atoms with van der Waals surface area (Å²) in [7, 11) is 2.89. The average molecular weight is 267 g/mol. The summed E-state index contributed by atoms with van der Waals surface area (Å²) in [6.45, 7) is 0. The van der Waals surface area contributed by atoms with Crippen molar-refractivity contribution < 1.29 is 14.3 Å². The van der Waals surface area contributed by atoms with Gasteiger partial charge >= 0.3 is 5.97 Å². The first-order valence-electron chi connectivity index (χ1n) is 6.19. The summed E-state index contributed by atoms with van der Waals surface area (Å²) in [5, 5.41) is 1.80. The summed E-state index contributed by atoms with van der Waals surface area (Å²) in [6, 6.07) is 13.3. The number of hydrogen-bond donors (Lipinski definition) is 0. The molecule has 0 bridgehead atoms. The molecule has 0 radical (unpaired) electrons. The molecule has 0 aliphatic carbocycles. The highest BCUT2D eigenvalue weighted by molar-refractivity contribution is 6.03. The van der Waals surface area contributed by atoms with Gasteiger partial charge in [-0.1, -0.05) is 18.2 Å². The van der Waals surface area contributed by atoms with Crippen LogP contribution in [0.15, 0.2) is 42.5 Å². The largest absolute Gasteiger partial charge is 0.495 e. The summed E-state index contributed by atoms with van der Waals surface area (Å²) >= 11 is 0. The monoisotopic (exact) mass is 267 g/mol. The Morgan fingerprint density at radius 2 is 1.85 bits per heavy atom. The molecular formula is C16H13NO3. The number of aromatic nitrogens is 1. The molecular weight excluding hydrogens is 254 g/mol. The standard InChI is InChI=1S/C16H13NO3/c1-19-15-11(16(18)20-2)7-8-14-12(15)9-10-5-3-4-6-13(10)17-14/h3-9H,1-2H3. The van der Waals surface area contributed by atoms with Crippen LogP contribution < -0.4 is 4.74 Å². The van der Waals surface area contributed by atoms with Gasteiger partial charge < -0.3 is 9.47 Å². The highest BCUT2D eigenvalue weighted by Crippen LogP contribution is 2.31. The van der Waals surface area contributed by atoms with Gasteiger partial charge in [-0.3, -0.25) is 0 Å². The van der Waals surface area contributed by atoms with E-state index in [1.54, 1.807) is 12.1 Å². The maximum atomic E-state index is 11.8. The normalized spacial score (nSPS) is 10.7. The lowest BCUT2D eigenvalue weighted by atomic mass is 10.1. The molecule has 0 unspecified atom stereocenters. The third-order valence-electron chi connectivity index (χ3n) is 3.26. The lowest BCUT2D eigenvalue weighted by Crippen LogP contribution is -2.04. The van der Waals surface area contributed by atoms with Crippen molar-refractivity contribution in [2.24, 2.45) is 0 Å². The topological polar surface area (TPSA) is 48.4 Å². The third kappa shape index (κ3) is 1.86. The first kappa shape index (κ1) is 12.4.